The molecule has 0 radical (unpaired) electrons. The van der Waals surface area contributed by atoms with Crippen LogP contribution in [0.1, 0.15) is 46.5 Å². The Morgan fingerprint density at radius 3 is 2.40 bits per heavy atom. The molecule has 0 heterocycles. The van der Waals surface area contributed by atoms with Gasteiger partial charge in [0, 0.05) is 12.8 Å². The Morgan fingerprint density at radius 2 is 2.00 bits per heavy atom. The standard InChI is InChI=1S/C12H20O3/c1-4-11(14)12(15,8-9-13)7-5-6-10(2)3/h6,9,15H,4-5,7-8H2,1-3H3. The molecule has 1 unspecified atom stereocenters. The zero-order valence-electron chi connectivity index (χ0n) is 9.75. The van der Waals surface area contributed by atoms with Crippen molar-refractivity contribution in [3.8, 4) is 0 Å². The molecule has 0 fully saturated rings. The largest absolute Gasteiger partial charge is 0.382 e. The average molecular weight is 212 g/mol. The van der Waals surface area contributed by atoms with Crippen molar-refractivity contribution >= 4 is 12.1 Å². The van der Waals surface area contributed by atoms with Gasteiger partial charge in [0.05, 0.1) is 0 Å². The number of allylic oxidation sites excluding steroid dienone is 2. The maximum Gasteiger partial charge on any atom is 0.164 e. The first kappa shape index (κ1) is 14.0. The maximum absolute atomic E-state index is 11.5. The summed E-state index contributed by atoms with van der Waals surface area (Å²) < 4.78 is 0. The van der Waals surface area contributed by atoms with Gasteiger partial charge in [0.25, 0.3) is 0 Å². The minimum Gasteiger partial charge on any atom is -0.382 e. The van der Waals surface area contributed by atoms with Gasteiger partial charge in [0.15, 0.2) is 5.78 Å². The van der Waals surface area contributed by atoms with Crippen LogP contribution in [0.15, 0.2) is 11.6 Å². The van der Waals surface area contributed by atoms with E-state index in [4.69, 9.17) is 0 Å². The number of carbonyl (C=O) groups is 2. The van der Waals surface area contributed by atoms with Gasteiger partial charge in [-0.05, 0) is 26.7 Å². The Labute approximate surface area is 91.2 Å². The summed E-state index contributed by atoms with van der Waals surface area (Å²) in [6.45, 7) is 5.61. The summed E-state index contributed by atoms with van der Waals surface area (Å²) in [6.07, 6.45) is 3.67. The molecular formula is C12H20O3. The van der Waals surface area contributed by atoms with Gasteiger partial charge >= 0.3 is 0 Å². The van der Waals surface area contributed by atoms with Crippen LogP contribution >= 0.6 is 0 Å². The highest BCUT2D eigenvalue weighted by atomic mass is 16.3. The van der Waals surface area contributed by atoms with Crippen LogP contribution in [-0.2, 0) is 9.59 Å². The second-order valence-electron chi connectivity index (χ2n) is 4.00. The van der Waals surface area contributed by atoms with Crippen molar-refractivity contribution in [2.45, 2.75) is 52.1 Å². The van der Waals surface area contributed by atoms with Gasteiger partial charge in [-0.3, -0.25) is 4.79 Å². The van der Waals surface area contributed by atoms with Crippen LogP contribution in [0.5, 0.6) is 0 Å². The van der Waals surface area contributed by atoms with Crippen LogP contribution in [-0.4, -0.2) is 22.8 Å². The first-order valence-corrected chi connectivity index (χ1v) is 5.29. The zero-order valence-corrected chi connectivity index (χ0v) is 9.75. The van der Waals surface area contributed by atoms with Gasteiger partial charge in [0.2, 0.25) is 0 Å². The van der Waals surface area contributed by atoms with E-state index in [-0.39, 0.29) is 18.6 Å². The van der Waals surface area contributed by atoms with E-state index in [1.807, 2.05) is 19.9 Å². The minimum atomic E-state index is -1.46. The molecule has 0 saturated heterocycles. The minimum absolute atomic E-state index is 0.101. The molecule has 0 aromatic heterocycles. The molecule has 3 nitrogen and oxygen atoms in total. The Hall–Kier alpha value is -0.960. The number of aliphatic hydroxyl groups is 1. The second-order valence-corrected chi connectivity index (χ2v) is 4.00. The third-order valence-corrected chi connectivity index (χ3v) is 2.37. The fourth-order valence-electron chi connectivity index (χ4n) is 1.42. The number of rotatable bonds is 7. The molecular weight excluding hydrogens is 192 g/mol. The molecule has 0 aromatic carbocycles. The number of carbonyl (C=O) groups excluding carboxylic acids is 2. The van der Waals surface area contributed by atoms with Gasteiger partial charge in [0.1, 0.15) is 11.9 Å². The highest BCUT2D eigenvalue weighted by Gasteiger charge is 2.32. The third-order valence-electron chi connectivity index (χ3n) is 2.37. The first-order chi connectivity index (χ1) is 6.96. The van der Waals surface area contributed by atoms with Crippen molar-refractivity contribution in [2.75, 3.05) is 0 Å². The summed E-state index contributed by atoms with van der Waals surface area (Å²) in [5.74, 6) is -0.253. The van der Waals surface area contributed by atoms with E-state index in [0.29, 0.717) is 19.1 Å². The van der Waals surface area contributed by atoms with Crippen LogP contribution in [0, 0.1) is 0 Å². The zero-order chi connectivity index (χ0) is 11.9. The van der Waals surface area contributed by atoms with E-state index in [1.165, 1.54) is 0 Å². The Bertz CT molecular complexity index is 252. The summed E-state index contributed by atoms with van der Waals surface area (Å²) >= 11 is 0. The molecule has 86 valence electrons. The smallest absolute Gasteiger partial charge is 0.164 e. The predicted octanol–water partition coefficient (Wildman–Crippen LogP) is 2.03. The summed E-state index contributed by atoms with van der Waals surface area (Å²) in [4.78, 5) is 21.9. The highest BCUT2D eigenvalue weighted by molar-refractivity contribution is 5.88. The van der Waals surface area contributed by atoms with E-state index in [0.717, 1.165) is 5.57 Å². The van der Waals surface area contributed by atoms with Crippen LogP contribution in [0.25, 0.3) is 0 Å². The normalized spacial score (nSPS) is 14.1. The first-order valence-electron chi connectivity index (χ1n) is 5.29. The molecule has 15 heavy (non-hydrogen) atoms. The SMILES string of the molecule is CCC(=O)C(O)(CC=O)CCC=C(C)C. The molecule has 0 aliphatic carbocycles. The molecule has 0 rings (SSSR count). The van der Waals surface area contributed by atoms with Gasteiger partial charge in [-0.25, -0.2) is 0 Å². The Morgan fingerprint density at radius 1 is 1.40 bits per heavy atom. The summed E-state index contributed by atoms with van der Waals surface area (Å²) in [7, 11) is 0. The van der Waals surface area contributed by atoms with Gasteiger partial charge in [-0.2, -0.15) is 0 Å². The van der Waals surface area contributed by atoms with E-state index in [9.17, 15) is 14.7 Å². The van der Waals surface area contributed by atoms with Crippen LogP contribution < -0.4 is 0 Å². The fraction of sp³-hybridized carbons (Fsp3) is 0.667. The van der Waals surface area contributed by atoms with Crippen molar-refractivity contribution in [3.05, 3.63) is 11.6 Å². The van der Waals surface area contributed by atoms with Gasteiger partial charge in [-0.1, -0.05) is 18.6 Å². The second kappa shape index (κ2) is 6.51. The van der Waals surface area contributed by atoms with Gasteiger partial charge in [-0.15, -0.1) is 0 Å². The van der Waals surface area contributed by atoms with Crippen molar-refractivity contribution in [3.63, 3.8) is 0 Å². The fourth-order valence-corrected chi connectivity index (χ4v) is 1.42. The van der Waals surface area contributed by atoms with E-state index >= 15 is 0 Å². The molecule has 0 amide bonds. The van der Waals surface area contributed by atoms with Crippen LogP contribution in [0.4, 0.5) is 0 Å². The molecule has 0 aliphatic heterocycles. The van der Waals surface area contributed by atoms with Gasteiger partial charge < -0.3 is 9.90 Å². The molecule has 3 heteroatoms. The van der Waals surface area contributed by atoms with Crippen molar-refractivity contribution in [1.29, 1.82) is 0 Å². The summed E-state index contributed by atoms with van der Waals surface area (Å²) in [6, 6.07) is 0. The van der Waals surface area contributed by atoms with Crippen LogP contribution in [0.3, 0.4) is 0 Å². The average Bonchev–Trinajstić information content (AvgIpc) is 2.16. The molecule has 0 spiro atoms. The number of hydrogen-bond acceptors (Lipinski definition) is 3. The van der Waals surface area contributed by atoms with Crippen molar-refractivity contribution in [1.82, 2.24) is 0 Å². The molecule has 0 aliphatic rings. The molecule has 1 atom stereocenters. The quantitative estimate of drug-likeness (QED) is 0.519. The number of hydrogen-bond donors (Lipinski definition) is 1. The topological polar surface area (TPSA) is 54.4 Å². The summed E-state index contributed by atoms with van der Waals surface area (Å²) in [5, 5.41) is 9.98. The Kier molecular flexibility index (Phi) is 6.09. The lowest BCUT2D eigenvalue weighted by molar-refractivity contribution is -0.140. The molecule has 0 aromatic rings. The summed E-state index contributed by atoms with van der Waals surface area (Å²) in [5.41, 5.74) is -0.310. The lowest BCUT2D eigenvalue weighted by Crippen LogP contribution is -2.38. The third kappa shape index (κ3) is 4.88. The van der Waals surface area contributed by atoms with E-state index in [2.05, 4.69) is 0 Å². The molecule has 1 N–H and O–H groups in total. The number of Topliss-reactive ketones (excluding diaryl/α,β-unsaturated/α-hetero) is 1. The lowest BCUT2D eigenvalue weighted by atomic mass is 9.88. The predicted molar refractivity (Wildman–Crippen MR) is 59.6 cm³/mol. The maximum atomic E-state index is 11.5. The number of aldehydes is 1. The highest BCUT2D eigenvalue weighted by Crippen LogP contribution is 2.20. The molecule has 0 bridgehead atoms. The van der Waals surface area contributed by atoms with E-state index < -0.39 is 5.60 Å². The Balaban J connectivity index is 4.44. The van der Waals surface area contributed by atoms with Crippen LogP contribution in [0.2, 0.25) is 0 Å². The van der Waals surface area contributed by atoms with Crippen molar-refractivity contribution < 1.29 is 14.7 Å². The monoisotopic (exact) mass is 212 g/mol. The molecule has 0 saturated carbocycles. The lowest BCUT2D eigenvalue weighted by Gasteiger charge is -2.23. The number of ketones is 1. The van der Waals surface area contributed by atoms with Crippen molar-refractivity contribution in [2.24, 2.45) is 0 Å². The van der Waals surface area contributed by atoms with E-state index in [1.54, 1.807) is 6.92 Å².